The number of amides is 1. The Labute approximate surface area is 178 Å². The van der Waals surface area contributed by atoms with Gasteiger partial charge in [-0.25, -0.2) is 9.18 Å². The van der Waals surface area contributed by atoms with Crippen LogP contribution in [0.1, 0.15) is 43.5 Å². The number of methoxy groups -OCH3 is 1. The molecule has 8 heteroatoms. The molecule has 3 rings (SSSR count). The zero-order valence-corrected chi connectivity index (χ0v) is 17.9. The molecule has 1 amide bonds. The van der Waals surface area contributed by atoms with Crippen molar-refractivity contribution in [2.75, 3.05) is 12.4 Å². The van der Waals surface area contributed by atoms with Crippen LogP contribution in [0.3, 0.4) is 0 Å². The Morgan fingerprint density at radius 1 is 1.17 bits per heavy atom. The number of hydrogen-bond acceptors (Lipinski definition) is 6. The summed E-state index contributed by atoms with van der Waals surface area (Å²) in [5.41, 5.74) is 0.944. The Balaban J connectivity index is 1.86. The molecule has 1 N–H and O–H groups in total. The molecule has 2 aromatic rings. The molecule has 1 heterocycles. The van der Waals surface area contributed by atoms with Crippen LogP contribution in [-0.4, -0.2) is 31.1 Å². The van der Waals surface area contributed by atoms with Crippen LogP contribution >= 0.6 is 11.3 Å². The molecule has 1 aromatic heterocycles. The lowest BCUT2D eigenvalue weighted by atomic mass is 9.80. The molecule has 1 aromatic carbocycles. The standard InChI is InChI=1S/C22H24FNO5S/c1-12-4-9-16(18(10-12)29-13(2)25)20(26)24-21-17(22(27)28-3)11-19(30-21)14-5-7-15(23)8-6-14/h5-8,11-12,16,18H,4,9-10H2,1-3H3,(H,24,26)/t12-,16?,18+/m1/s1. The highest BCUT2D eigenvalue weighted by Gasteiger charge is 2.36. The summed E-state index contributed by atoms with van der Waals surface area (Å²) in [6.45, 7) is 3.39. The summed E-state index contributed by atoms with van der Waals surface area (Å²) >= 11 is 1.21. The monoisotopic (exact) mass is 433 g/mol. The molecule has 0 bridgehead atoms. The first-order valence-corrected chi connectivity index (χ1v) is 10.6. The maximum atomic E-state index is 13.2. The van der Waals surface area contributed by atoms with E-state index in [4.69, 9.17) is 9.47 Å². The Morgan fingerprint density at radius 2 is 1.87 bits per heavy atom. The van der Waals surface area contributed by atoms with E-state index in [-0.39, 0.29) is 17.3 Å². The molecule has 1 saturated carbocycles. The molecular weight excluding hydrogens is 409 g/mol. The van der Waals surface area contributed by atoms with Crippen LogP contribution in [0, 0.1) is 17.7 Å². The van der Waals surface area contributed by atoms with Crippen molar-refractivity contribution in [2.45, 2.75) is 39.2 Å². The van der Waals surface area contributed by atoms with Crippen LogP contribution in [0.2, 0.25) is 0 Å². The maximum absolute atomic E-state index is 13.2. The third kappa shape index (κ3) is 5.05. The minimum absolute atomic E-state index is 0.225. The molecule has 3 atom stereocenters. The van der Waals surface area contributed by atoms with Crippen LogP contribution in [0.15, 0.2) is 30.3 Å². The lowest BCUT2D eigenvalue weighted by molar-refractivity contribution is -0.153. The third-order valence-electron chi connectivity index (χ3n) is 5.21. The van der Waals surface area contributed by atoms with Gasteiger partial charge < -0.3 is 14.8 Å². The van der Waals surface area contributed by atoms with E-state index in [0.717, 1.165) is 12.0 Å². The van der Waals surface area contributed by atoms with Crippen molar-refractivity contribution >= 4 is 34.2 Å². The molecular formula is C22H24FNO5S. The van der Waals surface area contributed by atoms with E-state index in [9.17, 15) is 18.8 Å². The van der Waals surface area contributed by atoms with Gasteiger partial charge in [0.2, 0.25) is 5.91 Å². The molecule has 0 saturated heterocycles. The second-order valence-electron chi connectivity index (χ2n) is 7.51. The number of hydrogen-bond donors (Lipinski definition) is 1. The number of thiophene rings is 1. The van der Waals surface area contributed by atoms with Crippen molar-refractivity contribution in [1.82, 2.24) is 0 Å². The van der Waals surface area contributed by atoms with Gasteiger partial charge in [-0.3, -0.25) is 9.59 Å². The fraction of sp³-hybridized carbons (Fsp3) is 0.409. The predicted octanol–water partition coefficient (Wildman–Crippen LogP) is 4.65. The summed E-state index contributed by atoms with van der Waals surface area (Å²) in [7, 11) is 1.27. The normalized spacial score (nSPS) is 21.0. The van der Waals surface area contributed by atoms with E-state index < -0.39 is 24.0 Å². The molecule has 160 valence electrons. The number of rotatable bonds is 5. The Morgan fingerprint density at radius 3 is 2.50 bits per heavy atom. The summed E-state index contributed by atoms with van der Waals surface area (Å²) < 4.78 is 23.5. The smallest absolute Gasteiger partial charge is 0.340 e. The molecule has 0 radical (unpaired) electrons. The van der Waals surface area contributed by atoms with E-state index in [2.05, 4.69) is 12.2 Å². The summed E-state index contributed by atoms with van der Waals surface area (Å²) in [4.78, 5) is 37.4. The molecule has 6 nitrogen and oxygen atoms in total. The average Bonchev–Trinajstić information content (AvgIpc) is 3.11. The van der Waals surface area contributed by atoms with Gasteiger partial charge in [0, 0.05) is 11.8 Å². The first-order chi connectivity index (χ1) is 14.3. The zero-order chi connectivity index (χ0) is 21.8. The van der Waals surface area contributed by atoms with E-state index in [1.54, 1.807) is 18.2 Å². The predicted molar refractivity (Wildman–Crippen MR) is 112 cm³/mol. The summed E-state index contributed by atoms with van der Waals surface area (Å²) in [6, 6.07) is 7.49. The molecule has 1 aliphatic rings. The van der Waals surface area contributed by atoms with Gasteiger partial charge in [0.15, 0.2) is 0 Å². The zero-order valence-electron chi connectivity index (χ0n) is 17.1. The first-order valence-electron chi connectivity index (χ1n) is 9.74. The largest absolute Gasteiger partial charge is 0.465 e. The molecule has 1 fully saturated rings. The molecule has 30 heavy (non-hydrogen) atoms. The van der Waals surface area contributed by atoms with Crippen molar-refractivity contribution in [2.24, 2.45) is 11.8 Å². The van der Waals surface area contributed by atoms with Gasteiger partial charge in [-0.2, -0.15) is 0 Å². The number of nitrogens with one attached hydrogen (secondary N) is 1. The first kappa shape index (κ1) is 22.0. The second kappa shape index (κ2) is 9.38. The van der Waals surface area contributed by atoms with Gasteiger partial charge in [-0.15, -0.1) is 11.3 Å². The second-order valence-corrected chi connectivity index (χ2v) is 8.57. The maximum Gasteiger partial charge on any atom is 0.340 e. The number of ether oxygens (including phenoxy) is 2. The number of halogens is 1. The van der Waals surface area contributed by atoms with Crippen LogP contribution in [0.5, 0.6) is 0 Å². The van der Waals surface area contributed by atoms with Crippen molar-refractivity contribution in [1.29, 1.82) is 0 Å². The summed E-state index contributed by atoms with van der Waals surface area (Å²) in [5.74, 6) is -1.80. The number of benzene rings is 1. The minimum Gasteiger partial charge on any atom is -0.465 e. The molecule has 1 aliphatic carbocycles. The highest BCUT2D eigenvalue weighted by molar-refractivity contribution is 7.20. The highest BCUT2D eigenvalue weighted by Crippen LogP contribution is 2.38. The van der Waals surface area contributed by atoms with Crippen LogP contribution in [0.4, 0.5) is 9.39 Å². The molecule has 0 aliphatic heterocycles. The lowest BCUT2D eigenvalue weighted by Gasteiger charge is -2.33. The average molecular weight is 434 g/mol. The fourth-order valence-corrected chi connectivity index (χ4v) is 4.73. The quantitative estimate of drug-likeness (QED) is 0.695. The Hall–Kier alpha value is -2.74. The van der Waals surface area contributed by atoms with Crippen molar-refractivity contribution in [3.8, 4) is 10.4 Å². The van der Waals surface area contributed by atoms with Crippen LogP contribution < -0.4 is 5.32 Å². The van der Waals surface area contributed by atoms with Crippen molar-refractivity contribution in [3.63, 3.8) is 0 Å². The van der Waals surface area contributed by atoms with E-state index in [1.165, 1.54) is 37.5 Å². The Bertz CT molecular complexity index is 940. The topological polar surface area (TPSA) is 81.7 Å². The lowest BCUT2D eigenvalue weighted by Crippen LogP contribution is -2.40. The highest BCUT2D eigenvalue weighted by atomic mass is 32.1. The van der Waals surface area contributed by atoms with Crippen molar-refractivity contribution < 1.29 is 28.2 Å². The number of anilines is 1. The van der Waals surface area contributed by atoms with Crippen molar-refractivity contribution in [3.05, 3.63) is 41.7 Å². The van der Waals surface area contributed by atoms with Crippen LogP contribution in [0.25, 0.3) is 10.4 Å². The van der Waals surface area contributed by atoms with Gasteiger partial charge in [-0.1, -0.05) is 19.1 Å². The van der Waals surface area contributed by atoms with E-state index >= 15 is 0 Å². The molecule has 1 unspecified atom stereocenters. The summed E-state index contributed by atoms with van der Waals surface area (Å²) in [5, 5.41) is 3.18. The Kier molecular flexibility index (Phi) is 6.87. The van der Waals surface area contributed by atoms with Gasteiger partial charge in [0.05, 0.1) is 18.6 Å². The molecule has 0 spiro atoms. The SMILES string of the molecule is COC(=O)c1cc(-c2ccc(F)cc2)sc1NC(=O)C1CC[C@@H](C)C[C@@H]1OC(C)=O. The fourth-order valence-electron chi connectivity index (χ4n) is 3.68. The summed E-state index contributed by atoms with van der Waals surface area (Å²) in [6.07, 6.45) is 1.57. The van der Waals surface area contributed by atoms with Gasteiger partial charge in [0.25, 0.3) is 0 Å². The number of carbonyl (C=O) groups is 3. The van der Waals surface area contributed by atoms with Crippen LogP contribution in [-0.2, 0) is 19.1 Å². The van der Waals surface area contributed by atoms with E-state index in [0.29, 0.717) is 28.6 Å². The van der Waals surface area contributed by atoms with E-state index in [1.807, 2.05) is 0 Å². The van der Waals surface area contributed by atoms with Gasteiger partial charge >= 0.3 is 11.9 Å². The third-order valence-corrected chi connectivity index (χ3v) is 6.31. The number of esters is 2. The number of carbonyl (C=O) groups excluding carboxylic acids is 3. The minimum atomic E-state index is -0.580. The van der Waals surface area contributed by atoms with Gasteiger partial charge in [0.1, 0.15) is 16.9 Å². The van der Waals surface area contributed by atoms with Gasteiger partial charge in [-0.05, 0) is 48.9 Å².